The van der Waals surface area contributed by atoms with Gasteiger partial charge in [0.15, 0.2) is 0 Å². The highest BCUT2D eigenvalue weighted by Gasteiger charge is 2.45. The van der Waals surface area contributed by atoms with Gasteiger partial charge in [0.05, 0.1) is 18.8 Å². The SMILES string of the molecule is O=C(NC[C@@H](O)c1ccco1)N[C@H]1CC2(CCC2)Oc2ccccc21. The molecular weight excluding hydrogens is 320 g/mol. The topological polar surface area (TPSA) is 83.7 Å². The quantitative estimate of drug-likeness (QED) is 0.797. The molecule has 0 unspecified atom stereocenters. The first-order valence-electron chi connectivity index (χ1n) is 8.69. The molecule has 0 saturated heterocycles. The van der Waals surface area contributed by atoms with E-state index >= 15 is 0 Å². The third kappa shape index (κ3) is 3.22. The standard InChI is InChI=1S/C19H22N2O4/c22-15(17-7-3-10-24-17)12-20-18(23)21-14-11-19(8-4-9-19)25-16-6-2-1-5-13(14)16/h1-3,5-7,10,14-15,22H,4,8-9,11-12H2,(H2,20,21,23)/t14-,15+/m0/s1. The van der Waals surface area contributed by atoms with Crippen molar-refractivity contribution in [3.8, 4) is 5.75 Å². The highest BCUT2D eigenvalue weighted by molar-refractivity contribution is 5.74. The molecule has 1 aliphatic carbocycles. The summed E-state index contributed by atoms with van der Waals surface area (Å²) in [5.41, 5.74) is 0.863. The molecule has 1 aliphatic heterocycles. The number of aliphatic hydroxyl groups is 1. The number of fused-ring (bicyclic) bond motifs is 1. The molecule has 132 valence electrons. The van der Waals surface area contributed by atoms with Gasteiger partial charge in [-0.3, -0.25) is 0 Å². The normalized spacial score (nSPS) is 21.6. The fraction of sp³-hybridized carbons (Fsp3) is 0.421. The van der Waals surface area contributed by atoms with Crippen LogP contribution in [0.5, 0.6) is 5.75 Å². The van der Waals surface area contributed by atoms with E-state index in [9.17, 15) is 9.90 Å². The van der Waals surface area contributed by atoms with Crippen LogP contribution in [0.15, 0.2) is 47.1 Å². The van der Waals surface area contributed by atoms with Crippen molar-refractivity contribution in [3.63, 3.8) is 0 Å². The van der Waals surface area contributed by atoms with Crippen molar-refractivity contribution in [2.45, 2.75) is 43.4 Å². The molecule has 25 heavy (non-hydrogen) atoms. The number of aliphatic hydroxyl groups excluding tert-OH is 1. The Morgan fingerprint density at radius 3 is 2.84 bits per heavy atom. The van der Waals surface area contributed by atoms with Crippen molar-refractivity contribution in [3.05, 3.63) is 54.0 Å². The predicted molar refractivity (Wildman–Crippen MR) is 91.2 cm³/mol. The number of hydrogen-bond donors (Lipinski definition) is 3. The summed E-state index contributed by atoms with van der Waals surface area (Å²) in [5.74, 6) is 1.29. The lowest BCUT2D eigenvalue weighted by Gasteiger charge is -2.48. The third-order valence-corrected chi connectivity index (χ3v) is 5.09. The minimum atomic E-state index is -0.860. The van der Waals surface area contributed by atoms with Gasteiger partial charge in [-0.25, -0.2) is 4.79 Å². The molecule has 1 spiro atoms. The number of rotatable bonds is 4. The van der Waals surface area contributed by atoms with Gasteiger partial charge >= 0.3 is 6.03 Å². The number of para-hydroxylation sites is 1. The Hall–Kier alpha value is -2.47. The Kier molecular flexibility index (Phi) is 4.13. The zero-order valence-electron chi connectivity index (χ0n) is 13.9. The second kappa shape index (κ2) is 6.44. The van der Waals surface area contributed by atoms with E-state index in [1.807, 2.05) is 24.3 Å². The summed E-state index contributed by atoms with van der Waals surface area (Å²) in [5, 5.41) is 15.7. The van der Waals surface area contributed by atoms with Crippen LogP contribution in [0.4, 0.5) is 4.79 Å². The van der Waals surface area contributed by atoms with Crippen molar-refractivity contribution in [1.82, 2.24) is 10.6 Å². The number of furan rings is 1. The van der Waals surface area contributed by atoms with E-state index in [-0.39, 0.29) is 24.2 Å². The fourth-order valence-electron chi connectivity index (χ4n) is 3.60. The lowest BCUT2D eigenvalue weighted by atomic mass is 9.73. The summed E-state index contributed by atoms with van der Waals surface area (Å²) < 4.78 is 11.3. The average Bonchev–Trinajstić information content (AvgIpc) is 3.13. The van der Waals surface area contributed by atoms with Crippen LogP contribution >= 0.6 is 0 Å². The van der Waals surface area contributed by atoms with Crippen LogP contribution in [0.25, 0.3) is 0 Å². The molecular formula is C19H22N2O4. The maximum Gasteiger partial charge on any atom is 0.315 e. The number of ether oxygens (including phenoxy) is 1. The Morgan fingerprint density at radius 1 is 1.28 bits per heavy atom. The number of carbonyl (C=O) groups is 1. The van der Waals surface area contributed by atoms with Crippen molar-refractivity contribution < 1.29 is 19.1 Å². The van der Waals surface area contributed by atoms with Gasteiger partial charge in [0.25, 0.3) is 0 Å². The minimum Gasteiger partial charge on any atom is -0.487 e. The first-order valence-corrected chi connectivity index (χ1v) is 8.69. The molecule has 2 atom stereocenters. The van der Waals surface area contributed by atoms with Crippen LogP contribution in [0.3, 0.4) is 0 Å². The highest BCUT2D eigenvalue weighted by atomic mass is 16.5. The van der Waals surface area contributed by atoms with Gasteiger partial charge in [0, 0.05) is 12.0 Å². The Balaban J connectivity index is 1.40. The number of nitrogens with one attached hydrogen (secondary N) is 2. The average molecular weight is 342 g/mol. The Morgan fingerprint density at radius 2 is 2.12 bits per heavy atom. The van der Waals surface area contributed by atoms with Gasteiger partial charge in [-0.1, -0.05) is 18.2 Å². The molecule has 2 aliphatic rings. The molecule has 1 fully saturated rings. The maximum absolute atomic E-state index is 12.3. The van der Waals surface area contributed by atoms with Crippen LogP contribution in [-0.2, 0) is 0 Å². The molecule has 0 radical (unpaired) electrons. The lowest BCUT2D eigenvalue weighted by molar-refractivity contribution is -0.0356. The number of benzene rings is 1. The van der Waals surface area contributed by atoms with E-state index in [0.717, 1.165) is 37.0 Å². The summed E-state index contributed by atoms with van der Waals surface area (Å²) in [6, 6.07) is 10.8. The van der Waals surface area contributed by atoms with Gasteiger partial charge in [-0.15, -0.1) is 0 Å². The fourth-order valence-corrected chi connectivity index (χ4v) is 3.60. The van der Waals surface area contributed by atoms with E-state index in [1.165, 1.54) is 6.26 Å². The lowest BCUT2D eigenvalue weighted by Crippen LogP contribution is -2.51. The number of urea groups is 1. The van der Waals surface area contributed by atoms with E-state index in [0.29, 0.717) is 5.76 Å². The minimum absolute atomic E-state index is 0.0917. The Bertz CT molecular complexity index is 740. The highest BCUT2D eigenvalue weighted by Crippen LogP contribution is 2.48. The summed E-state index contributed by atoms with van der Waals surface area (Å²) in [7, 11) is 0. The summed E-state index contributed by atoms with van der Waals surface area (Å²) in [6.45, 7) is 0.0926. The predicted octanol–water partition coefficient (Wildman–Crippen LogP) is 3.06. The van der Waals surface area contributed by atoms with Crippen molar-refractivity contribution >= 4 is 6.03 Å². The molecule has 1 aromatic carbocycles. The van der Waals surface area contributed by atoms with Crippen LogP contribution in [0.2, 0.25) is 0 Å². The van der Waals surface area contributed by atoms with Crippen molar-refractivity contribution in [2.24, 2.45) is 0 Å². The monoisotopic (exact) mass is 342 g/mol. The van der Waals surface area contributed by atoms with E-state index in [4.69, 9.17) is 9.15 Å². The molecule has 2 aromatic rings. The van der Waals surface area contributed by atoms with Crippen LogP contribution in [0.1, 0.15) is 49.2 Å². The molecule has 2 heterocycles. The molecule has 1 saturated carbocycles. The molecule has 6 nitrogen and oxygen atoms in total. The molecule has 1 aromatic heterocycles. The molecule has 0 bridgehead atoms. The first-order chi connectivity index (χ1) is 12.2. The summed E-state index contributed by atoms with van der Waals surface area (Å²) >= 11 is 0. The van der Waals surface area contributed by atoms with E-state index in [2.05, 4.69) is 10.6 Å². The van der Waals surface area contributed by atoms with Crippen LogP contribution < -0.4 is 15.4 Å². The van der Waals surface area contributed by atoms with Gasteiger partial charge in [-0.05, 0) is 37.5 Å². The van der Waals surface area contributed by atoms with Gasteiger partial charge < -0.3 is 24.9 Å². The van der Waals surface area contributed by atoms with E-state index < -0.39 is 6.10 Å². The van der Waals surface area contributed by atoms with Crippen molar-refractivity contribution in [2.75, 3.05) is 6.54 Å². The number of hydrogen-bond acceptors (Lipinski definition) is 4. The summed E-state index contributed by atoms with van der Waals surface area (Å²) in [6.07, 6.45) is 4.63. The second-order valence-corrected chi connectivity index (χ2v) is 6.82. The second-order valence-electron chi connectivity index (χ2n) is 6.82. The van der Waals surface area contributed by atoms with Crippen LogP contribution in [0, 0.1) is 0 Å². The van der Waals surface area contributed by atoms with Gasteiger partial charge in [-0.2, -0.15) is 0 Å². The molecule has 4 rings (SSSR count). The molecule has 3 N–H and O–H groups in total. The zero-order valence-corrected chi connectivity index (χ0v) is 13.9. The van der Waals surface area contributed by atoms with Gasteiger partial charge in [0.2, 0.25) is 0 Å². The molecule has 2 amide bonds. The van der Waals surface area contributed by atoms with Crippen molar-refractivity contribution in [1.29, 1.82) is 0 Å². The first kappa shape index (κ1) is 16.0. The third-order valence-electron chi connectivity index (χ3n) is 5.09. The number of amides is 2. The number of carbonyl (C=O) groups excluding carboxylic acids is 1. The van der Waals surface area contributed by atoms with E-state index in [1.54, 1.807) is 12.1 Å². The smallest absolute Gasteiger partial charge is 0.315 e. The zero-order chi connectivity index (χ0) is 17.3. The summed E-state index contributed by atoms with van der Waals surface area (Å²) in [4.78, 5) is 12.3. The van der Waals surface area contributed by atoms with Gasteiger partial charge in [0.1, 0.15) is 23.2 Å². The molecule has 6 heteroatoms. The maximum atomic E-state index is 12.3. The largest absolute Gasteiger partial charge is 0.487 e. The Labute approximate surface area is 146 Å². The van der Waals surface area contributed by atoms with Crippen LogP contribution in [-0.4, -0.2) is 23.3 Å².